The number of aryl methyl sites for hydroxylation is 1. The number of aliphatic hydroxyl groups is 1. The molecule has 0 amide bonds. The van der Waals surface area contributed by atoms with Gasteiger partial charge in [-0.25, -0.2) is 9.97 Å². The number of likely N-dealkylation sites (N-methyl/N-ethyl adjacent to an activating group) is 1. The van der Waals surface area contributed by atoms with Crippen LogP contribution in [0.5, 0.6) is 0 Å². The highest BCUT2D eigenvalue weighted by atomic mass is 16.3. The molecule has 0 bridgehead atoms. The van der Waals surface area contributed by atoms with Gasteiger partial charge in [0.25, 0.3) is 0 Å². The normalized spacial score (nSPS) is 18.4. The number of aromatic nitrogens is 2. The number of aliphatic hydroxyl groups excluding tert-OH is 1. The van der Waals surface area contributed by atoms with Gasteiger partial charge in [0.1, 0.15) is 5.82 Å². The van der Waals surface area contributed by atoms with Crippen LogP contribution in [-0.2, 0) is 0 Å². The molecule has 0 spiro atoms. The third-order valence-corrected chi connectivity index (χ3v) is 6.27. The van der Waals surface area contributed by atoms with Crippen molar-refractivity contribution < 1.29 is 5.11 Å². The molecule has 1 aromatic carbocycles. The summed E-state index contributed by atoms with van der Waals surface area (Å²) >= 11 is 0. The lowest BCUT2D eigenvalue weighted by molar-refractivity contribution is 0.231. The lowest BCUT2D eigenvalue weighted by Gasteiger charge is -2.34. The summed E-state index contributed by atoms with van der Waals surface area (Å²) in [7, 11) is 2.18. The average molecular weight is 411 g/mol. The van der Waals surface area contributed by atoms with Gasteiger partial charge in [-0.1, -0.05) is 0 Å². The van der Waals surface area contributed by atoms with E-state index >= 15 is 0 Å². The van der Waals surface area contributed by atoms with Crippen LogP contribution in [0.2, 0.25) is 0 Å². The number of hydrogen-bond donors (Lipinski definition) is 3. The van der Waals surface area contributed by atoms with E-state index in [9.17, 15) is 5.11 Å². The van der Waals surface area contributed by atoms with Gasteiger partial charge in [0.2, 0.25) is 0 Å². The largest absolute Gasteiger partial charge is 0.394 e. The van der Waals surface area contributed by atoms with E-state index < -0.39 is 0 Å². The zero-order chi connectivity index (χ0) is 21.0. The molecular formula is C23H34N6O. The molecule has 2 heterocycles. The van der Waals surface area contributed by atoms with Gasteiger partial charge in [-0.15, -0.1) is 0 Å². The molecule has 30 heavy (non-hydrogen) atoms. The van der Waals surface area contributed by atoms with E-state index in [4.69, 9.17) is 4.98 Å². The molecule has 1 aromatic heterocycles. The fraction of sp³-hybridized carbons (Fsp3) is 0.565. The fourth-order valence-corrected chi connectivity index (χ4v) is 3.84. The Hall–Kier alpha value is -2.22. The number of rotatable bonds is 9. The molecule has 2 fully saturated rings. The second-order valence-electron chi connectivity index (χ2n) is 8.71. The van der Waals surface area contributed by atoms with Crippen molar-refractivity contribution in [3.8, 4) is 11.4 Å². The first-order chi connectivity index (χ1) is 14.6. The molecule has 1 saturated heterocycles. The van der Waals surface area contributed by atoms with Gasteiger partial charge >= 0.3 is 0 Å². The van der Waals surface area contributed by atoms with Gasteiger partial charge in [-0.05, 0) is 64.0 Å². The van der Waals surface area contributed by atoms with Gasteiger partial charge in [-0.3, -0.25) is 0 Å². The van der Waals surface area contributed by atoms with E-state index in [1.165, 1.54) is 5.69 Å². The van der Waals surface area contributed by atoms with Crippen molar-refractivity contribution in [3.05, 3.63) is 36.0 Å². The molecule has 0 atom stereocenters. The van der Waals surface area contributed by atoms with Crippen molar-refractivity contribution in [3.63, 3.8) is 0 Å². The first-order valence-corrected chi connectivity index (χ1v) is 11.1. The Bertz CT molecular complexity index is 828. The summed E-state index contributed by atoms with van der Waals surface area (Å²) in [6.45, 7) is 8.36. The van der Waals surface area contributed by atoms with E-state index in [1.807, 2.05) is 13.1 Å². The molecule has 162 valence electrons. The molecular weight excluding hydrogens is 376 g/mol. The Morgan fingerprint density at radius 2 is 1.80 bits per heavy atom. The first-order valence-electron chi connectivity index (χ1n) is 11.1. The predicted molar refractivity (Wildman–Crippen MR) is 122 cm³/mol. The van der Waals surface area contributed by atoms with Gasteiger partial charge in [0, 0.05) is 61.3 Å². The standard InChI is InChI=1S/C23H34N6O/c1-18-16-25-22(27-21(18)24-10-3-11-26-23(17-30)8-9-23)19-4-6-20(7-5-19)29-14-12-28(2)13-15-29/h4-7,16,26,30H,3,8-15,17H2,1-2H3,(H,24,25,27). The smallest absolute Gasteiger partial charge is 0.161 e. The van der Waals surface area contributed by atoms with Crippen LogP contribution in [-0.4, -0.2) is 78.4 Å². The molecule has 1 saturated carbocycles. The van der Waals surface area contributed by atoms with Crippen LogP contribution in [0, 0.1) is 6.92 Å². The van der Waals surface area contributed by atoms with Crippen LogP contribution < -0.4 is 15.5 Å². The number of hydrogen-bond acceptors (Lipinski definition) is 7. The third kappa shape index (κ3) is 5.09. The first kappa shape index (κ1) is 21.0. The minimum Gasteiger partial charge on any atom is -0.394 e. The highest BCUT2D eigenvalue weighted by Crippen LogP contribution is 2.34. The Kier molecular flexibility index (Phi) is 6.51. The maximum absolute atomic E-state index is 9.37. The van der Waals surface area contributed by atoms with E-state index in [1.54, 1.807) is 0 Å². The van der Waals surface area contributed by atoms with Crippen LogP contribution in [0.1, 0.15) is 24.8 Å². The van der Waals surface area contributed by atoms with Crippen LogP contribution in [0.4, 0.5) is 11.5 Å². The van der Waals surface area contributed by atoms with Crippen LogP contribution in [0.3, 0.4) is 0 Å². The van der Waals surface area contributed by atoms with Crippen LogP contribution in [0.25, 0.3) is 11.4 Å². The minimum absolute atomic E-state index is 0.00822. The summed E-state index contributed by atoms with van der Waals surface area (Å²) in [5.41, 5.74) is 3.36. The van der Waals surface area contributed by atoms with Crippen LogP contribution in [0.15, 0.2) is 30.5 Å². The van der Waals surface area contributed by atoms with Crippen molar-refractivity contribution in [1.82, 2.24) is 20.2 Å². The number of nitrogens with zero attached hydrogens (tertiary/aromatic N) is 4. The molecule has 1 aliphatic heterocycles. The van der Waals surface area contributed by atoms with E-state index in [0.717, 1.165) is 81.3 Å². The highest BCUT2D eigenvalue weighted by molar-refractivity contribution is 5.62. The molecule has 3 N–H and O–H groups in total. The Labute approximate surface area is 179 Å². The zero-order valence-corrected chi connectivity index (χ0v) is 18.2. The Morgan fingerprint density at radius 3 is 2.47 bits per heavy atom. The maximum atomic E-state index is 9.37. The second-order valence-corrected chi connectivity index (χ2v) is 8.71. The quantitative estimate of drug-likeness (QED) is 0.547. The lowest BCUT2D eigenvalue weighted by atomic mass is 10.1. The van der Waals surface area contributed by atoms with Crippen molar-refractivity contribution in [2.45, 2.75) is 31.7 Å². The molecule has 4 rings (SSSR count). The second kappa shape index (κ2) is 9.29. The monoisotopic (exact) mass is 410 g/mol. The van der Waals surface area contributed by atoms with Crippen molar-refractivity contribution >= 4 is 11.5 Å². The van der Waals surface area contributed by atoms with E-state index in [-0.39, 0.29) is 12.1 Å². The van der Waals surface area contributed by atoms with Gasteiger partial charge in [0.05, 0.1) is 6.61 Å². The molecule has 0 unspecified atom stereocenters. The Morgan fingerprint density at radius 1 is 1.07 bits per heavy atom. The minimum atomic E-state index is 0.00822. The molecule has 1 aliphatic carbocycles. The highest BCUT2D eigenvalue weighted by Gasteiger charge is 2.41. The van der Waals surface area contributed by atoms with Gasteiger partial charge in [0.15, 0.2) is 5.82 Å². The molecule has 0 radical (unpaired) electrons. The summed E-state index contributed by atoms with van der Waals surface area (Å²) < 4.78 is 0. The van der Waals surface area contributed by atoms with Crippen molar-refractivity contribution in [1.29, 1.82) is 0 Å². The zero-order valence-electron chi connectivity index (χ0n) is 18.2. The summed E-state index contributed by atoms with van der Waals surface area (Å²) in [5.74, 6) is 1.65. The number of anilines is 2. The van der Waals surface area contributed by atoms with E-state index in [2.05, 4.69) is 56.7 Å². The molecule has 2 aliphatic rings. The SMILES string of the molecule is Cc1cnc(-c2ccc(N3CCN(C)CC3)cc2)nc1NCCCNC1(CO)CC1. The molecule has 7 nitrogen and oxygen atoms in total. The number of piperazine rings is 1. The third-order valence-electron chi connectivity index (χ3n) is 6.27. The Balaban J connectivity index is 1.33. The molecule has 7 heteroatoms. The lowest BCUT2D eigenvalue weighted by Crippen LogP contribution is -2.44. The summed E-state index contributed by atoms with van der Waals surface area (Å²) in [6, 6.07) is 8.60. The summed E-state index contributed by atoms with van der Waals surface area (Å²) in [5, 5.41) is 16.3. The molecule has 2 aromatic rings. The van der Waals surface area contributed by atoms with E-state index in [0.29, 0.717) is 0 Å². The average Bonchev–Trinajstić information content (AvgIpc) is 3.56. The van der Waals surface area contributed by atoms with Gasteiger partial charge in [-0.2, -0.15) is 0 Å². The maximum Gasteiger partial charge on any atom is 0.161 e. The fourth-order valence-electron chi connectivity index (χ4n) is 3.84. The summed E-state index contributed by atoms with van der Waals surface area (Å²) in [6.07, 6.45) is 5.04. The number of benzene rings is 1. The predicted octanol–water partition coefficient (Wildman–Crippen LogP) is 2.12. The number of nitrogens with one attached hydrogen (secondary N) is 2. The van der Waals surface area contributed by atoms with Crippen molar-refractivity contribution in [2.24, 2.45) is 0 Å². The summed E-state index contributed by atoms with van der Waals surface area (Å²) in [4.78, 5) is 14.1. The van der Waals surface area contributed by atoms with Gasteiger partial charge < -0.3 is 25.5 Å². The topological polar surface area (TPSA) is 76.6 Å². The van der Waals surface area contributed by atoms with Crippen LogP contribution >= 0.6 is 0 Å². The van der Waals surface area contributed by atoms with Crippen molar-refractivity contribution in [2.75, 3.05) is 63.1 Å².